The lowest BCUT2D eigenvalue weighted by molar-refractivity contribution is 0.0912. The molecule has 1 amide bonds. The van der Waals surface area contributed by atoms with Crippen LogP contribution in [0.15, 0.2) is 23.0 Å². The van der Waals surface area contributed by atoms with E-state index < -0.39 is 6.10 Å². The first-order valence-corrected chi connectivity index (χ1v) is 6.67. The lowest BCUT2D eigenvalue weighted by Gasteiger charge is -2.09. The zero-order chi connectivity index (χ0) is 13.0. The van der Waals surface area contributed by atoms with E-state index in [1.165, 1.54) is 17.5 Å². The Kier molecular flexibility index (Phi) is 4.11. The number of aliphatic hydroxyl groups is 1. The van der Waals surface area contributed by atoms with Crippen molar-refractivity contribution < 1.29 is 9.90 Å². The summed E-state index contributed by atoms with van der Waals surface area (Å²) in [5.41, 5.74) is 1.24. The summed E-state index contributed by atoms with van der Waals surface area (Å²) in [6, 6.07) is 1.84. The Bertz CT molecular complexity index is 507. The Morgan fingerprint density at radius 1 is 1.67 bits per heavy atom. The predicted molar refractivity (Wildman–Crippen MR) is 69.6 cm³/mol. The van der Waals surface area contributed by atoms with Crippen molar-refractivity contribution in [1.82, 2.24) is 15.3 Å². The number of aliphatic hydroxyl groups excluding tert-OH is 1. The van der Waals surface area contributed by atoms with E-state index in [9.17, 15) is 9.90 Å². The molecule has 0 radical (unpaired) electrons. The quantitative estimate of drug-likeness (QED) is 0.766. The van der Waals surface area contributed by atoms with Crippen LogP contribution in [0.1, 0.15) is 34.9 Å². The normalized spacial score (nSPS) is 12.3. The van der Waals surface area contributed by atoms with E-state index in [4.69, 9.17) is 0 Å². The molecular weight excluding hydrogens is 250 g/mol. The van der Waals surface area contributed by atoms with Gasteiger partial charge in [-0.1, -0.05) is 6.92 Å². The lowest BCUT2D eigenvalue weighted by atomic mass is 10.2. The number of imidazole rings is 1. The monoisotopic (exact) mass is 265 g/mol. The molecule has 0 aliphatic heterocycles. The minimum atomic E-state index is -0.672. The van der Waals surface area contributed by atoms with E-state index in [0.717, 1.165) is 17.8 Å². The van der Waals surface area contributed by atoms with Gasteiger partial charge in [0, 0.05) is 13.0 Å². The summed E-state index contributed by atoms with van der Waals surface area (Å²) in [4.78, 5) is 18.7. The molecule has 0 saturated heterocycles. The number of aromatic nitrogens is 2. The van der Waals surface area contributed by atoms with Gasteiger partial charge in [0.25, 0.3) is 5.91 Å². The van der Waals surface area contributed by atoms with Gasteiger partial charge in [-0.25, -0.2) is 4.98 Å². The second kappa shape index (κ2) is 5.79. The topological polar surface area (TPSA) is 78.0 Å². The molecule has 3 N–H and O–H groups in total. The van der Waals surface area contributed by atoms with Crippen molar-refractivity contribution in [3.63, 3.8) is 0 Å². The van der Waals surface area contributed by atoms with E-state index >= 15 is 0 Å². The van der Waals surface area contributed by atoms with Crippen LogP contribution in [0.5, 0.6) is 0 Å². The van der Waals surface area contributed by atoms with Gasteiger partial charge in [0.15, 0.2) is 0 Å². The number of nitrogens with one attached hydrogen (secondary N) is 2. The van der Waals surface area contributed by atoms with Crippen LogP contribution < -0.4 is 5.32 Å². The van der Waals surface area contributed by atoms with E-state index in [2.05, 4.69) is 15.3 Å². The van der Waals surface area contributed by atoms with Gasteiger partial charge >= 0.3 is 0 Å². The van der Waals surface area contributed by atoms with Crippen LogP contribution in [0.3, 0.4) is 0 Å². The molecule has 2 aromatic rings. The average Bonchev–Trinajstić information content (AvgIpc) is 3.05. The molecule has 0 aliphatic carbocycles. The van der Waals surface area contributed by atoms with Crippen molar-refractivity contribution in [2.24, 2.45) is 0 Å². The maximum absolute atomic E-state index is 11.8. The highest BCUT2D eigenvalue weighted by molar-refractivity contribution is 7.07. The molecule has 5 nitrogen and oxygen atoms in total. The SMILES string of the molecule is CCc1ncc(C(=O)NCC(O)c2ccsc2)[nH]1. The zero-order valence-corrected chi connectivity index (χ0v) is 10.8. The molecule has 0 aliphatic rings. The number of hydrogen-bond donors (Lipinski definition) is 3. The summed E-state index contributed by atoms with van der Waals surface area (Å²) in [5, 5.41) is 16.2. The van der Waals surface area contributed by atoms with Gasteiger partial charge in [0.1, 0.15) is 11.5 Å². The highest BCUT2D eigenvalue weighted by Gasteiger charge is 2.12. The van der Waals surface area contributed by atoms with Crippen molar-refractivity contribution in [3.05, 3.63) is 40.1 Å². The van der Waals surface area contributed by atoms with Gasteiger partial charge in [0.2, 0.25) is 0 Å². The Morgan fingerprint density at radius 3 is 3.11 bits per heavy atom. The number of amides is 1. The molecule has 2 aromatic heterocycles. The second-order valence-corrected chi connectivity index (χ2v) is 4.66. The van der Waals surface area contributed by atoms with Crippen LogP contribution in [0, 0.1) is 0 Å². The molecule has 0 spiro atoms. The lowest BCUT2D eigenvalue weighted by Crippen LogP contribution is -2.28. The van der Waals surface area contributed by atoms with Gasteiger partial charge in [0.05, 0.1) is 12.3 Å². The number of aryl methyl sites for hydroxylation is 1. The van der Waals surface area contributed by atoms with Crippen LogP contribution in [-0.4, -0.2) is 27.5 Å². The molecule has 96 valence electrons. The predicted octanol–water partition coefficient (Wildman–Crippen LogP) is 1.50. The van der Waals surface area contributed by atoms with Gasteiger partial charge < -0.3 is 15.4 Å². The van der Waals surface area contributed by atoms with E-state index in [0.29, 0.717) is 5.69 Å². The Balaban J connectivity index is 1.88. The zero-order valence-electron chi connectivity index (χ0n) is 10.0. The fraction of sp³-hybridized carbons (Fsp3) is 0.333. The summed E-state index contributed by atoms with van der Waals surface area (Å²) in [6.45, 7) is 2.15. The smallest absolute Gasteiger partial charge is 0.269 e. The van der Waals surface area contributed by atoms with Crippen LogP contribution >= 0.6 is 11.3 Å². The molecule has 0 aromatic carbocycles. The van der Waals surface area contributed by atoms with E-state index in [1.807, 2.05) is 23.8 Å². The molecule has 2 rings (SSSR count). The highest BCUT2D eigenvalue weighted by atomic mass is 32.1. The van der Waals surface area contributed by atoms with E-state index in [-0.39, 0.29) is 12.5 Å². The Labute approximate surface area is 109 Å². The number of rotatable bonds is 5. The summed E-state index contributed by atoms with van der Waals surface area (Å²) in [7, 11) is 0. The Morgan fingerprint density at radius 2 is 2.50 bits per heavy atom. The number of hydrogen-bond acceptors (Lipinski definition) is 4. The fourth-order valence-electron chi connectivity index (χ4n) is 1.52. The number of carbonyl (C=O) groups excluding carboxylic acids is 1. The third kappa shape index (κ3) is 2.96. The first-order valence-electron chi connectivity index (χ1n) is 5.73. The van der Waals surface area contributed by atoms with Crippen LogP contribution in [0.4, 0.5) is 0 Å². The van der Waals surface area contributed by atoms with Crippen LogP contribution in [0.2, 0.25) is 0 Å². The standard InChI is InChI=1S/C12H15N3O2S/c1-2-11-13-5-9(15-11)12(17)14-6-10(16)8-3-4-18-7-8/h3-5,7,10,16H,2,6H2,1H3,(H,13,15)(H,14,17). The highest BCUT2D eigenvalue weighted by Crippen LogP contribution is 2.15. The first kappa shape index (κ1) is 12.8. The number of aromatic amines is 1. The molecule has 2 heterocycles. The summed E-state index contributed by atoms with van der Waals surface area (Å²) < 4.78 is 0. The van der Waals surface area contributed by atoms with Crippen LogP contribution in [0.25, 0.3) is 0 Å². The molecule has 0 saturated carbocycles. The average molecular weight is 265 g/mol. The molecule has 1 atom stereocenters. The minimum Gasteiger partial charge on any atom is -0.387 e. The molecular formula is C12H15N3O2S. The van der Waals surface area contributed by atoms with Gasteiger partial charge in [-0.3, -0.25) is 4.79 Å². The van der Waals surface area contributed by atoms with Gasteiger partial charge in [-0.2, -0.15) is 11.3 Å². The summed E-state index contributed by atoms with van der Waals surface area (Å²) in [5.74, 6) is 0.523. The third-order valence-corrected chi connectivity index (χ3v) is 3.29. The van der Waals surface area contributed by atoms with Gasteiger partial charge in [-0.15, -0.1) is 0 Å². The summed E-state index contributed by atoms with van der Waals surface area (Å²) >= 11 is 1.52. The molecule has 6 heteroatoms. The van der Waals surface area contributed by atoms with Crippen molar-refractivity contribution in [2.75, 3.05) is 6.54 Å². The maximum Gasteiger partial charge on any atom is 0.269 e. The molecule has 0 bridgehead atoms. The van der Waals surface area contributed by atoms with Crippen LogP contribution in [-0.2, 0) is 6.42 Å². The number of thiophene rings is 1. The molecule has 18 heavy (non-hydrogen) atoms. The van der Waals surface area contributed by atoms with Crippen molar-refractivity contribution in [3.8, 4) is 0 Å². The van der Waals surface area contributed by atoms with Crippen molar-refractivity contribution >= 4 is 17.2 Å². The summed E-state index contributed by atoms with van der Waals surface area (Å²) in [6.07, 6.45) is 1.59. The number of H-pyrrole nitrogens is 1. The van der Waals surface area contributed by atoms with E-state index in [1.54, 1.807) is 0 Å². The van der Waals surface area contributed by atoms with Crippen molar-refractivity contribution in [2.45, 2.75) is 19.4 Å². The Hall–Kier alpha value is -1.66. The molecule has 1 unspecified atom stereocenters. The second-order valence-electron chi connectivity index (χ2n) is 3.88. The molecule has 0 fully saturated rings. The van der Waals surface area contributed by atoms with Gasteiger partial charge in [-0.05, 0) is 22.4 Å². The number of nitrogens with zero attached hydrogens (tertiary/aromatic N) is 1. The fourth-order valence-corrected chi connectivity index (χ4v) is 2.23. The minimum absolute atomic E-state index is 0.191. The largest absolute Gasteiger partial charge is 0.387 e. The van der Waals surface area contributed by atoms with Crippen molar-refractivity contribution in [1.29, 1.82) is 0 Å². The third-order valence-electron chi connectivity index (χ3n) is 2.59. The first-order chi connectivity index (χ1) is 8.70. The number of carbonyl (C=O) groups is 1. The maximum atomic E-state index is 11.8.